The zero-order valence-corrected chi connectivity index (χ0v) is 14.3. The van der Waals surface area contributed by atoms with Crippen LogP contribution in [0.4, 0.5) is 0 Å². The number of aliphatic hydroxyl groups is 1. The van der Waals surface area contributed by atoms with Gasteiger partial charge < -0.3 is 10.0 Å². The largest absolute Gasteiger partial charge is 0.384 e. The van der Waals surface area contributed by atoms with Crippen LogP contribution in [0.3, 0.4) is 0 Å². The summed E-state index contributed by atoms with van der Waals surface area (Å²) in [7, 11) is 0. The van der Waals surface area contributed by atoms with Gasteiger partial charge in [0.05, 0.1) is 0 Å². The third-order valence-corrected chi connectivity index (χ3v) is 4.37. The lowest BCUT2D eigenvalue weighted by Crippen LogP contribution is -2.30. The van der Waals surface area contributed by atoms with Gasteiger partial charge in [0.25, 0.3) is 5.91 Å². The summed E-state index contributed by atoms with van der Waals surface area (Å²) in [5.74, 6) is 0.0298. The quantitative estimate of drug-likeness (QED) is 0.910. The molecule has 1 atom stereocenters. The van der Waals surface area contributed by atoms with Gasteiger partial charge in [0.1, 0.15) is 6.10 Å². The molecule has 0 aliphatic heterocycles. The van der Waals surface area contributed by atoms with Gasteiger partial charge in [-0.2, -0.15) is 0 Å². The van der Waals surface area contributed by atoms with Crippen molar-refractivity contribution in [3.63, 3.8) is 0 Å². The molecule has 1 amide bonds. The van der Waals surface area contributed by atoms with E-state index in [0.717, 1.165) is 16.7 Å². The Morgan fingerprint density at radius 3 is 2.04 bits per heavy atom. The average molecular weight is 311 g/mol. The SMILES string of the molecule is CCN(CC)C(=O)c1ccc(C(O)c2ccc(C)c(C)c2)cc1. The van der Waals surface area contributed by atoms with E-state index in [2.05, 4.69) is 6.92 Å². The van der Waals surface area contributed by atoms with Crippen LogP contribution in [0.1, 0.15) is 52.6 Å². The van der Waals surface area contributed by atoms with Gasteiger partial charge in [-0.3, -0.25) is 4.79 Å². The number of hydrogen-bond acceptors (Lipinski definition) is 2. The van der Waals surface area contributed by atoms with Crippen LogP contribution < -0.4 is 0 Å². The number of aryl methyl sites for hydroxylation is 2. The van der Waals surface area contributed by atoms with E-state index in [0.29, 0.717) is 18.7 Å². The van der Waals surface area contributed by atoms with Crippen LogP contribution in [0.5, 0.6) is 0 Å². The molecule has 0 fully saturated rings. The van der Waals surface area contributed by atoms with Crippen LogP contribution in [0.2, 0.25) is 0 Å². The molecule has 0 aliphatic carbocycles. The molecule has 2 aromatic rings. The van der Waals surface area contributed by atoms with Crippen molar-refractivity contribution in [2.24, 2.45) is 0 Å². The number of nitrogens with zero attached hydrogens (tertiary/aromatic N) is 1. The highest BCUT2D eigenvalue weighted by atomic mass is 16.3. The van der Waals surface area contributed by atoms with Crippen LogP contribution >= 0.6 is 0 Å². The normalized spacial score (nSPS) is 12.0. The summed E-state index contributed by atoms with van der Waals surface area (Å²) in [6.07, 6.45) is -0.674. The standard InChI is InChI=1S/C20H25NO2/c1-5-21(6-2)20(23)17-11-9-16(10-12-17)19(22)18-8-7-14(3)15(4)13-18/h7-13,19,22H,5-6H2,1-4H3. The van der Waals surface area contributed by atoms with E-state index in [1.54, 1.807) is 17.0 Å². The topological polar surface area (TPSA) is 40.5 Å². The molecule has 23 heavy (non-hydrogen) atoms. The third-order valence-electron chi connectivity index (χ3n) is 4.37. The van der Waals surface area contributed by atoms with Crippen LogP contribution in [0, 0.1) is 13.8 Å². The van der Waals surface area contributed by atoms with Gasteiger partial charge in [-0.15, -0.1) is 0 Å². The second-order valence-corrected chi connectivity index (χ2v) is 5.85. The second-order valence-electron chi connectivity index (χ2n) is 5.85. The minimum absolute atomic E-state index is 0.0298. The number of carbonyl (C=O) groups excluding carboxylic acids is 1. The molecule has 2 rings (SSSR count). The highest BCUT2D eigenvalue weighted by Crippen LogP contribution is 2.24. The van der Waals surface area contributed by atoms with Gasteiger partial charge in [-0.1, -0.05) is 30.3 Å². The highest BCUT2D eigenvalue weighted by Gasteiger charge is 2.15. The minimum Gasteiger partial charge on any atom is -0.384 e. The lowest BCUT2D eigenvalue weighted by Gasteiger charge is -2.19. The van der Waals surface area contributed by atoms with Crippen molar-refractivity contribution in [2.75, 3.05) is 13.1 Å². The summed E-state index contributed by atoms with van der Waals surface area (Å²) in [4.78, 5) is 14.1. The number of amides is 1. The molecule has 3 heteroatoms. The van der Waals surface area contributed by atoms with E-state index in [4.69, 9.17) is 0 Å². The van der Waals surface area contributed by atoms with Gasteiger partial charge >= 0.3 is 0 Å². The molecule has 122 valence electrons. The molecular weight excluding hydrogens is 286 g/mol. The molecule has 0 spiro atoms. The first-order valence-corrected chi connectivity index (χ1v) is 8.12. The Labute approximate surface area is 138 Å². The van der Waals surface area contributed by atoms with Crippen LogP contribution in [-0.4, -0.2) is 29.0 Å². The molecule has 0 saturated carbocycles. The van der Waals surface area contributed by atoms with Crippen molar-refractivity contribution in [2.45, 2.75) is 33.8 Å². The number of rotatable bonds is 5. The Kier molecular flexibility index (Phi) is 5.56. The first-order chi connectivity index (χ1) is 11.0. The molecule has 0 heterocycles. The molecule has 0 saturated heterocycles. The van der Waals surface area contributed by atoms with Crippen molar-refractivity contribution < 1.29 is 9.90 Å². The number of carbonyl (C=O) groups is 1. The smallest absolute Gasteiger partial charge is 0.253 e. The summed E-state index contributed by atoms with van der Waals surface area (Å²) < 4.78 is 0. The fourth-order valence-electron chi connectivity index (χ4n) is 2.63. The minimum atomic E-state index is -0.674. The Hall–Kier alpha value is -2.13. The number of aliphatic hydroxyl groups excluding tert-OH is 1. The first kappa shape index (κ1) is 17.2. The zero-order chi connectivity index (χ0) is 17.0. The van der Waals surface area contributed by atoms with Crippen molar-refractivity contribution >= 4 is 5.91 Å². The summed E-state index contributed by atoms with van der Waals surface area (Å²) in [5.41, 5.74) is 4.70. The molecule has 0 aromatic heterocycles. The van der Waals surface area contributed by atoms with E-state index < -0.39 is 6.10 Å². The van der Waals surface area contributed by atoms with Gasteiger partial charge in [0.15, 0.2) is 0 Å². The predicted molar refractivity (Wildman–Crippen MR) is 93.7 cm³/mol. The van der Waals surface area contributed by atoms with Crippen LogP contribution in [-0.2, 0) is 0 Å². The summed E-state index contributed by atoms with van der Waals surface area (Å²) in [6, 6.07) is 13.2. The predicted octanol–water partition coefficient (Wildman–Crippen LogP) is 3.87. The molecular formula is C20H25NO2. The van der Waals surface area contributed by atoms with E-state index in [1.165, 1.54) is 5.56 Å². The van der Waals surface area contributed by atoms with Gasteiger partial charge in [-0.05, 0) is 62.1 Å². The van der Waals surface area contributed by atoms with Crippen molar-refractivity contribution in [3.8, 4) is 0 Å². The molecule has 3 nitrogen and oxygen atoms in total. The molecule has 1 unspecified atom stereocenters. The fraction of sp³-hybridized carbons (Fsp3) is 0.350. The summed E-state index contributed by atoms with van der Waals surface area (Å²) in [6.45, 7) is 9.43. The fourth-order valence-corrected chi connectivity index (χ4v) is 2.63. The first-order valence-electron chi connectivity index (χ1n) is 8.12. The van der Waals surface area contributed by atoms with E-state index in [-0.39, 0.29) is 5.91 Å². The van der Waals surface area contributed by atoms with Gasteiger partial charge in [0, 0.05) is 18.7 Å². The van der Waals surface area contributed by atoms with Crippen LogP contribution in [0.25, 0.3) is 0 Å². The van der Waals surface area contributed by atoms with Gasteiger partial charge in [-0.25, -0.2) is 0 Å². The molecule has 0 aliphatic rings. The molecule has 1 N–H and O–H groups in total. The van der Waals surface area contributed by atoms with E-state index >= 15 is 0 Å². The Balaban J connectivity index is 2.21. The molecule has 0 radical (unpaired) electrons. The number of hydrogen-bond donors (Lipinski definition) is 1. The van der Waals surface area contributed by atoms with Crippen molar-refractivity contribution in [1.29, 1.82) is 0 Å². The number of benzene rings is 2. The second kappa shape index (κ2) is 7.42. The van der Waals surface area contributed by atoms with E-state index in [1.807, 2.05) is 51.1 Å². The zero-order valence-electron chi connectivity index (χ0n) is 14.3. The Morgan fingerprint density at radius 1 is 0.957 bits per heavy atom. The maximum absolute atomic E-state index is 12.3. The van der Waals surface area contributed by atoms with Crippen molar-refractivity contribution in [1.82, 2.24) is 4.90 Å². The summed E-state index contributed by atoms with van der Waals surface area (Å²) in [5, 5.41) is 10.5. The third kappa shape index (κ3) is 3.80. The maximum Gasteiger partial charge on any atom is 0.253 e. The van der Waals surface area contributed by atoms with E-state index in [9.17, 15) is 9.90 Å². The molecule has 2 aromatic carbocycles. The molecule has 0 bridgehead atoms. The summed E-state index contributed by atoms with van der Waals surface area (Å²) >= 11 is 0. The monoisotopic (exact) mass is 311 g/mol. The Bertz CT molecular complexity index is 673. The maximum atomic E-state index is 12.3. The lowest BCUT2D eigenvalue weighted by molar-refractivity contribution is 0.0773. The Morgan fingerprint density at radius 2 is 1.52 bits per heavy atom. The van der Waals surface area contributed by atoms with Crippen molar-refractivity contribution in [3.05, 3.63) is 70.3 Å². The lowest BCUT2D eigenvalue weighted by atomic mass is 9.97. The van der Waals surface area contributed by atoms with Crippen LogP contribution in [0.15, 0.2) is 42.5 Å². The van der Waals surface area contributed by atoms with Gasteiger partial charge in [0.2, 0.25) is 0 Å². The highest BCUT2D eigenvalue weighted by molar-refractivity contribution is 5.94. The average Bonchev–Trinajstić information content (AvgIpc) is 2.58.